The van der Waals surface area contributed by atoms with E-state index in [2.05, 4.69) is 43.7 Å². The summed E-state index contributed by atoms with van der Waals surface area (Å²) < 4.78 is 2.06. The molecule has 1 aliphatic heterocycles. The standard InChI is InChI=1S/C18H33ClN6.HI/c1-20-18(24(4)15-17-13-16(19)14-23(17)3)21-7-5-9-25-10-6-8-22(2)11-12-25;/h13-14H,5-12,15H2,1-4H3,(H,20,21);1H. The van der Waals surface area contributed by atoms with E-state index < -0.39 is 0 Å². The summed E-state index contributed by atoms with van der Waals surface area (Å²) in [6, 6.07) is 2.00. The van der Waals surface area contributed by atoms with Gasteiger partial charge in [0.1, 0.15) is 0 Å². The van der Waals surface area contributed by atoms with E-state index in [0.717, 1.165) is 37.0 Å². The zero-order chi connectivity index (χ0) is 18.2. The lowest BCUT2D eigenvalue weighted by Gasteiger charge is -2.23. The summed E-state index contributed by atoms with van der Waals surface area (Å²) in [6.07, 6.45) is 4.33. The van der Waals surface area contributed by atoms with Crippen LogP contribution in [0.1, 0.15) is 18.5 Å². The lowest BCUT2D eigenvalue weighted by atomic mass is 10.3. The molecule has 0 radical (unpaired) electrons. The average molecular weight is 497 g/mol. The second kappa shape index (κ2) is 12.0. The van der Waals surface area contributed by atoms with Crippen molar-refractivity contribution in [1.29, 1.82) is 0 Å². The highest BCUT2D eigenvalue weighted by Gasteiger charge is 2.12. The number of guanidine groups is 1. The van der Waals surface area contributed by atoms with Crippen molar-refractivity contribution in [2.75, 3.05) is 60.4 Å². The van der Waals surface area contributed by atoms with Crippen LogP contribution < -0.4 is 5.32 Å². The maximum absolute atomic E-state index is 6.07. The molecule has 0 aliphatic carbocycles. The van der Waals surface area contributed by atoms with Crippen LogP contribution in [0.25, 0.3) is 0 Å². The fourth-order valence-corrected chi connectivity index (χ4v) is 3.52. The fraction of sp³-hybridized carbons (Fsp3) is 0.722. The molecule has 0 amide bonds. The van der Waals surface area contributed by atoms with Crippen molar-refractivity contribution in [2.24, 2.45) is 12.0 Å². The molecule has 1 aromatic heterocycles. The number of rotatable bonds is 6. The summed E-state index contributed by atoms with van der Waals surface area (Å²) in [5, 5.41) is 4.25. The van der Waals surface area contributed by atoms with E-state index in [1.807, 2.05) is 26.4 Å². The number of halogens is 2. The molecule has 1 saturated heterocycles. The Bertz CT molecular complexity index is 562. The van der Waals surface area contributed by atoms with Gasteiger partial charge in [0.25, 0.3) is 0 Å². The highest BCUT2D eigenvalue weighted by atomic mass is 127. The van der Waals surface area contributed by atoms with Crippen LogP contribution in [0.15, 0.2) is 17.3 Å². The minimum atomic E-state index is 0. The normalized spacial score (nSPS) is 16.9. The van der Waals surface area contributed by atoms with Crippen molar-refractivity contribution in [3.8, 4) is 0 Å². The monoisotopic (exact) mass is 496 g/mol. The molecule has 2 rings (SSSR count). The van der Waals surface area contributed by atoms with Crippen LogP contribution in [0.3, 0.4) is 0 Å². The van der Waals surface area contributed by atoms with Crippen LogP contribution in [0.4, 0.5) is 0 Å². The molecule has 6 nitrogen and oxygen atoms in total. The highest BCUT2D eigenvalue weighted by Crippen LogP contribution is 2.14. The first kappa shape index (κ1) is 23.5. The van der Waals surface area contributed by atoms with E-state index in [4.69, 9.17) is 11.6 Å². The Morgan fingerprint density at radius 2 is 2.04 bits per heavy atom. The summed E-state index contributed by atoms with van der Waals surface area (Å²) in [5.74, 6) is 0.924. The third kappa shape index (κ3) is 7.62. The van der Waals surface area contributed by atoms with Gasteiger partial charge in [0.05, 0.1) is 11.6 Å². The van der Waals surface area contributed by atoms with Crippen LogP contribution in [0.2, 0.25) is 5.02 Å². The zero-order valence-corrected chi connectivity index (χ0v) is 19.6. The zero-order valence-electron chi connectivity index (χ0n) is 16.5. The fourth-order valence-electron chi connectivity index (χ4n) is 3.25. The van der Waals surface area contributed by atoms with Gasteiger partial charge in [-0.25, -0.2) is 0 Å². The van der Waals surface area contributed by atoms with Gasteiger partial charge in [-0.1, -0.05) is 11.6 Å². The first-order valence-corrected chi connectivity index (χ1v) is 9.51. The maximum atomic E-state index is 6.07. The molecule has 0 unspecified atom stereocenters. The molecular formula is C18H34ClIN6. The molecular weight excluding hydrogens is 463 g/mol. The maximum Gasteiger partial charge on any atom is 0.193 e. The summed E-state index contributed by atoms with van der Waals surface area (Å²) >= 11 is 6.07. The van der Waals surface area contributed by atoms with Crippen molar-refractivity contribution >= 4 is 41.5 Å². The Hall–Kier alpha value is -0.510. The summed E-state index contributed by atoms with van der Waals surface area (Å²) in [4.78, 5) is 11.5. The number of hydrogen-bond donors (Lipinski definition) is 1. The predicted octanol–water partition coefficient (Wildman–Crippen LogP) is 2.33. The summed E-state index contributed by atoms with van der Waals surface area (Å²) in [5.41, 5.74) is 1.17. The number of nitrogens with zero attached hydrogens (tertiary/aromatic N) is 5. The van der Waals surface area contributed by atoms with E-state index in [1.54, 1.807) is 0 Å². The van der Waals surface area contributed by atoms with Crippen molar-refractivity contribution in [2.45, 2.75) is 19.4 Å². The third-order valence-electron chi connectivity index (χ3n) is 4.79. The molecule has 1 N–H and O–H groups in total. The smallest absolute Gasteiger partial charge is 0.193 e. The van der Waals surface area contributed by atoms with Crippen LogP contribution in [-0.4, -0.2) is 85.6 Å². The quantitative estimate of drug-likeness (QED) is 0.284. The van der Waals surface area contributed by atoms with Crippen molar-refractivity contribution in [3.05, 3.63) is 23.0 Å². The first-order chi connectivity index (χ1) is 12.0. The average Bonchev–Trinajstić information content (AvgIpc) is 2.76. The van der Waals surface area contributed by atoms with Crippen LogP contribution in [0, 0.1) is 0 Å². The summed E-state index contributed by atoms with van der Waals surface area (Å²) in [6.45, 7) is 7.66. The van der Waals surface area contributed by atoms with Crippen LogP contribution in [-0.2, 0) is 13.6 Å². The van der Waals surface area contributed by atoms with Gasteiger partial charge in [-0.15, -0.1) is 24.0 Å². The van der Waals surface area contributed by atoms with E-state index in [-0.39, 0.29) is 24.0 Å². The number of aromatic nitrogens is 1. The number of hydrogen-bond acceptors (Lipinski definition) is 3. The Balaban J connectivity index is 0.00000338. The van der Waals surface area contributed by atoms with Crippen molar-refractivity contribution in [1.82, 2.24) is 24.6 Å². The van der Waals surface area contributed by atoms with E-state index in [0.29, 0.717) is 0 Å². The molecule has 150 valence electrons. The second-order valence-corrected chi connectivity index (χ2v) is 7.38. The molecule has 0 spiro atoms. The minimum Gasteiger partial charge on any atom is -0.356 e. The van der Waals surface area contributed by atoms with E-state index in [1.165, 1.54) is 38.3 Å². The highest BCUT2D eigenvalue weighted by molar-refractivity contribution is 14.0. The van der Waals surface area contributed by atoms with Gasteiger partial charge in [0.15, 0.2) is 5.96 Å². The molecule has 0 saturated carbocycles. The van der Waals surface area contributed by atoms with Crippen molar-refractivity contribution in [3.63, 3.8) is 0 Å². The Morgan fingerprint density at radius 1 is 1.27 bits per heavy atom. The first-order valence-electron chi connectivity index (χ1n) is 9.13. The van der Waals surface area contributed by atoms with Gasteiger partial charge in [0, 0.05) is 52.7 Å². The SMILES string of the molecule is CN=C(NCCCN1CCCN(C)CC1)N(C)Cc1cc(Cl)cn1C.I. The van der Waals surface area contributed by atoms with Crippen LogP contribution >= 0.6 is 35.6 Å². The molecule has 1 aliphatic rings. The topological polar surface area (TPSA) is 39.0 Å². The number of aliphatic imine (C=N–C) groups is 1. The molecule has 1 aromatic rings. The largest absolute Gasteiger partial charge is 0.356 e. The Morgan fingerprint density at radius 3 is 2.69 bits per heavy atom. The van der Waals surface area contributed by atoms with Crippen LogP contribution in [0.5, 0.6) is 0 Å². The van der Waals surface area contributed by atoms with Crippen molar-refractivity contribution < 1.29 is 0 Å². The minimum absolute atomic E-state index is 0. The predicted molar refractivity (Wildman–Crippen MR) is 122 cm³/mol. The lowest BCUT2D eigenvalue weighted by Crippen LogP contribution is -2.40. The van der Waals surface area contributed by atoms with Gasteiger partial charge in [-0.3, -0.25) is 4.99 Å². The summed E-state index contributed by atoms with van der Waals surface area (Å²) in [7, 11) is 8.12. The molecule has 1 fully saturated rings. The second-order valence-electron chi connectivity index (χ2n) is 6.94. The number of likely N-dealkylation sites (N-methyl/N-ethyl adjacent to an activating group) is 1. The molecule has 26 heavy (non-hydrogen) atoms. The lowest BCUT2D eigenvalue weighted by molar-refractivity contribution is 0.273. The van der Waals surface area contributed by atoms with Gasteiger partial charge >= 0.3 is 0 Å². The molecule has 0 bridgehead atoms. The molecule has 0 atom stereocenters. The van der Waals surface area contributed by atoms with Gasteiger partial charge in [-0.2, -0.15) is 0 Å². The Labute approximate surface area is 180 Å². The van der Waals surface area contributed by atoms with E-state index in [9.17, 15) is 0 Å². The molecule has 0 aromatic carbocycles. The van der Waals surface area contributed by atoms with Gasteiger partial charge in [0.2, 0.25) is 0 Å². The third-order valence-corrected chi connectivity index (χ3v) is 5.00. The van der Waals surface area contributed by atoms with Gasteiger partial charge < -0.3 is 24.6 Å². The Kier molecular flexibility index (Phi) is 10.9. The number of nitrogens with one attached hydrogen (secondary N) is 1. The molecule has 2 heterocycles. The van der Waals surface area contributed by atoms with Gasteiger partial charge in [-0.05, 0) is 45.6 Å². The number of aryl methyl sites for hydroxylation is 1. The van der Waals surface area contributed by atoms with E-state index >= 15 is 0 Å². The molecule has 8 heteroatoms.